The summed E-state index contributed by atoms with van der Waals surface area (Å²) in [7, 11) is 0. The van der Waals surface area contributed by atoms with Gasteiger partial charge in [0.25, 0.3) is 5.91 Å². The van der Waals surface area contributed by atoms with E-state index in [4.69, 9.17) is 0 Å². The predicted octanol–water partition coefficient (Wildman–Crippen LogP) is 5.01. The molecular formula is C21H27N3OS. The highest BCUT2D eigenvalue weighted by Crippen LogP contribution is 2.44. The van der Waals surface area contributed by atoms with Gasteiger partial charge in [0.1, 0.15) is 0 Å². The lowest BCUT2D eigenvalue weighted by molar-refractivity contribution is 0.0959. The molecule has 0 spiro atoms. The number of hydrogen-bond donors (Lipinski definition) is 1. The van der Waals surface area contributed by atoms with E-state index in [1.165, 1.54) is 22.6 Å². The lowest BCUT2D eigenvalue weighted by atomic mass is 9.79. The van der Waals surface area contributed by atoms with E-state index in [-0.39, 0.29) is 11.4 Å². The van der Waals surface area contributed by atoms with Crippen LogP contribution < -0.4 is 10.3 Å². The van der Waals surface area contributed by atoms with Crippen LogP contribution >= 0.6 is 11.3 Å². The Labute approximate surface area is 159 Å². The van der Waals surface area contributed by atoms with Crippen LogP contribution in [-0.4, -0.2) is 23.7 Å². The SMILES string of the molecule is CC(C)N1c2ccc(/C=N/NC(=O)c3cccs3)cc2[C@@H](C)CC1(C)C. The Kier molecular flexibility index (Phi) is 5.19. The fourth-order valence-electron chi connectivity index (χ4n) is 4.16. The van der Waals surface area contributed by atoms with Crippen molar-refractivity contribution in [3.8, 4) is 0 Å². The summed E-state index contributed by atoms with van der Waals surface area (Å²) in [6.45, 7) is 11.4. The molecule has 1 amide bonds. The highest BCUT2D eigenvalue weighted by molar-refractivity contribution is 7.12. The normalized spacial score (nSPS) is 19.0. The van der Waals surface area contributed by atoms with Crippen molar-refractivity contribution in [1.29, 1.82) is 0 Å². The van der Waals surface area contributed by atoms with Crippen molar-refractivity contribution in [2.24, 2.45) is 5.10 Å². The van der Waals surface area contributed by atoms with Crippen molar-refractivity contribution in [2.45, 2.75) is 58.5 Å². The fraction of sp³-hybridized carbons (Fsp3) is 0.429. The molecule has 2 heterocycles. The first-order valence-electron chi connectivity index (χ1n) is 9.10. The van der Waals surface area contributed by atoms with E-state index < -0.39 is 0 Å². The Morgan fingerprint density at radius 3 is 2.81 bits per heavy atom. The second-order valence-corrected chi connectivity index (χ2v) is 8.82. The number of carbonyl (C=O) groups excluding carboxylic acids is 1. The molecule has 0 fully saturated rings. The monoisotopic (exact) mass is 369 g/mol. The molecule has 1 aliphatic heterocycles. The van der Waals surface area contributed by atoms with Gasteiger partial charge in [-0.15, -0.1) is 11.3 Å². The van der Waals surface area contributed by atoms with Crippen molar-refractivity contribution in [2.75, 3.05) is 4.90 Å². The number of hydrogen-bond acceptors (Lipinski definition) is 4. The molecule has 1 aromatic heterocycles. The van der Waals surface area contributed by atoms with Crippen LogP contribution in [0.2, 0.25) is 0 Å². The van der Waals surface area contributed by atoms with Crippen molar-refractivity contribution in [1.82, 2.24) is 5.43 Å². The van der Waals surface area contributed by atoms with Crippen LogP contribution in [0.25, 0.3) is 0 Å². The van der Waals surface area contributed by atoms with E-state index in [1.807, 2.05) is 11.4 Å². The molecule has 1 atom stereocenters. The highest BCUT2D eigenvalue weighted by atomic mass is 32.1. The summed E-state index contributed by atoms with van der Waals surface area (Å²) in [4.78, 5) is 15.1. The van der Waals surface area contributed by atoms with Gasteiger partial charge >= 0.3 is 0 Å². The van der Waals surface area contributed by atoms with Crippen LogP contribution in [0, 0.1) is 0 Å². The number of rotatable bonds is 4. The highest BCUT2D eigenvalue weighted by Gasteiger charge is 2.37. The quantitative estimate of drug-likeness (QED) is 0.608. The van der Waals surface area contributed by atoms with E-state index in [0.717, 1.165) is 12.0 Å². The zero-order valence-corrected chi connectivity index (χ0v) is 16.9. The lowest BCUT2D eigenvalue weighted by Crippen LogP contribution is -2.51. The van der Waals surface area contributed by atoms with Crippen LogP contribution in [0.4, 0.5) is 5.69 Å². The minimum absolute atomic E-state index is 0.144. The predicted molar refractivity (Wildman–Crippen MR) is 111 cm³/mol. The summed E-state index contributed by atoms with van der Waals surface area (Å²) in [5.74, 6) is 0.319. The Balaban J connectivity index is 1.81. The number of anilines is 1. The van der Waals surface area contributed by atoms with Gasteiger partial charge in [-0.25, -0.2) is 5.43 Å². The largest absolute Gasteiger partial charge is 0.364 e. The van der Waals surface area contributed by atoms with E-state index in [0.29, 0.717) is 16.8 Å². The molecule has 0 unspecified atom stereocenters. The summed E-state index contributed by atoms with van der Waals surface area (Å²) in [5, 5.41) is 6.00. The molecule has 4 nitrogen and oxygen atoms in total. The molecule has 0 saturated carbocycles. The number of carbonyl (C=O) groups is 1. The maximum absolute atomic E-state index is 11.9. The second-order valence-electron chi connectivity index (χ2n) is 7.88. The van der Waals surface area contributed by atoms with Gasteiger partial charge in [-0.1, -0.05) is 19.1 Å². The number of thiophene rings is 1. The van der Waals surface area contributed by atoms with Crippen molar-refractivity contribution < 1.29 is 4.79 Å². The summed E-state index contributed by atoms with van der Waals surface area (Å²) >= 11 is 1.41. The van der Waals surface area contributed by atoms with Crippen LogP contribution in [0.1, 0.15) is 67.8 Å². The molecule has 0 radical (unpaired) electrons. The molecular weight excluding hydrogens is 342 g/mol. The molecule has 138 valence electrons. The first-order chi connectivity index (χ1) is 12.3. The summed E-state index contributed by atoms with van der Waals surface area (Å²) in [6.07, 6.45) is 2.84. The average molecular weight is 370 g/mol. The Hall–Kier alpha value is -2.14. The first-order valence-corrected chi connectivity index (χ1v) is 9.98. The maximum Gasteiger partial charge on any atom is 0.281 e. The number of fused-ring (bicyclic) bond motifs is 1. The minimum atomic E-state index is -0.171. The molecule has 1 aliphatic rings. The molecule has 0 aliphatic carbocycles. The third-order valence-electron chi connectivity index (χ3n) is 4.94. The van der Waals surface area contributed by atoms with Crippen LogP contribution in [0.15, 0.2) is 40.8 Å². The maximum atomic E-state index is 11.9. The van der Waals surface area contributed by atoms with Gasteiger partial charge in [-0.05, 0) is 74.7 Å². The number of amides is 1. The summed E-state index contributed by atoms with van der Waals surface area (Å²) in [5.41, 5.74) is 6.41. The standard InChI is InChI=1S/C21H27N3OS/c1-14(2)24-18-9-8-16(11-17(18)15(3)12-21(24,4)5)13-22-23-20(25)19-7-6-10-26-19/h6-11,13-15H,12H2,1-5H3,(H,23,25)/b22-13+/t15-/m0/s1. The fourth-order valence-corrected chi connectivity index (χ4v) is 4.77. The molecule has 3 rings (SSSR count). The van der Waals surface area contributed by atoms with E-state index in [2.05, 4.69) is 68.2 Å². The third kappa shape index (κ3) is 3.68. The number of hydrazone groups is 1. The van der Waals surface area contributed by atoms with Gasteiger partial charge in [0.15, 0.2) is 0 Å². The van der Waals surface area contributed by atoms with Gasteiger partial charge < -0.3 is 4.90 Å². The number of nitrogens with one attached hydrogen (secondary N) is 1. The van der Waals surface area contributed by atoms with Crippen molar-refractivity contribution in [3.63, 3.8) is 0 Å². The smallest absolute Gasteiger partial charge is 0.281 e. The van der Waals surface area contributed by atoms with Crippen molar-refractivity contribution >= 4 is 29.1 Å². The first kappa shape index (κ1) is 18.6. The average Bonchev–Trinajstić information content (AvgIpc) is 3.08. The van der Waals surface area contributed by atoms with E-state index in [9.17, 15) is 4.79 Å². The molecule has 26 heavy (non-hydrogen) atoms. The second kappa shape index (κ2) is 7.23. The topological polar surface area (TPSA) is 44.7 Å². The Morgan fingerprint density at radius 2 is 2.15 bits per heavy atom. The zero-order chi connectivity index (χ0) is 18.9. The molecule has 0 saturated heterocycles. The van der Waals surface area contributed by atoms with Crippen molar-refractivity contribution in [3.05, 3.63) is 51.7 Å². The van der Waals surface area contributed by atoms with Gasteiger partial charge in [-0.3, -0.25) is 4.79 Å². The Bertz CT molecular complexity index is 809. The van der Waals surface area contributed by atoms with Crippen LogP contribution in [0.3, 0.4) is 0 Å². The molecule has 0 bridgehead atoms. The van der Waals surface area contributed by atoms with Crippen LogP contribution in [-0.2, 0) is 0 Å². The molecule has 2 aromatic rings. The molecule has 1 N–H and O–H groups in total. The van der Waals surface area contributed by atoms with Crippen LogP contribution in [0.5, 0.6) is 0 Å². The number of benzene rings is 1. The Morgan fingerprint density at radius 1 is 1.38 bits per heavy atom. The van der Waals surface area contributed by atoms with Gasteiger partial charge in [0, 0.05) is 17.3 Å². The summed E-state index contributed by atoms with van der Waals surface area (Å²) in [6, 6.07) is 10.6. The summed E-state index contributed by atoms with van der Waals surface area (Å²) < 4.78 is 0. The van der Waals surface area contributed by atoms with Gasteiger partial charge in [0.2, 0.25) is 0 Å². The number of nitrogens with zero attached hydrogens (tertiary/aromatic N) is 2. The lowest BCUT2D eigenvalue weighted by Gasteiger charge is -2.50. The molecule has 5 heteroatoms. The zero-order valence-electron chi connectivity index (χ0n) is 16.1. The minimum Gasteiger partial charge on any atom is -0.364 e. The van der Waals surface area contributed by atoms with E-state index >= 15 is 0 Å². The molecule has 1 aromatic carbocycles. The van der Waals surface area contributed by atoms with E-state index in [1.54, 1.807) is 12.3 Å². The van der Waals surface area contributed by atoms with Gasteiger partial charge in [0.05, 0.1) is 11.1 Å². The van der Waals surface area contributed by atoms with Gasteiger partial charge in [-0.2, -0.15) is 5.10 Å². The third-order valence-corrected chi connectivity index (χ3v) is 5.81.